The van der Waals surface area contributed by atoms with Gasteiger partial charge in [-0.1, -0.05) is 15.9 Å². The number of rotatable bonds is 5. The Balaban J connectivity index is 2.08. The van der Waals surface area contributed by atoms with Gasteiger partial charge in [0.1, 0.15) is 17.4 Å². The Bertz CT molecular complexity index is 527. The number of nitrogens with one attached hydrogen (secondary N) is 1. The molecule has 0 fully saturated rings. The van der Waals surface area contributed by atoms with Gasteiger partial charge in [0.2, 0.25) is 0 Å². The number of ether oxygens (including phenoxy) is 1. The quantitative estimate of drug-likeness (QED) is 0.912. The van der Waals surface area contributed by atoms with Gasteiger partial charge >= 0.3 is 0 Å². The molecule has 0 amide bonds. The van der Waals surface area contributed by atoms with E-state index in [0.717, 1.165) is 33.0 Å². The third-order valence-corrected chi connectivity index (χ3v) is 3.84. The fourth-order valence-corrected chi connectivity index (χ4v) is 2.72. The Hall–Kier alpha value is -0.910. The van der Waals surface area contributed by atoms with Crippen LogP contribution in [0.5, 0.6) is 5.75 Å². The smallest absolute Gasteiger partial charge is 0.140 e. The number of hydrogen-bond acceptors (Lipinski definition) is 4. The molecule has 1 aromatic heterocycles. The monoisotopic (exact) mass is 326 g/mol. The first-order valence-electron chi connectivity index (χ1n) is 5.66. The van der Waals surface area contributed by atoms with Crippen molar-refractivity contribution in [2.75, 3.05) is 7.05 Å². The van der Waals surface area contributed by atoms with Crippen molar-refractivity contribution in [2.45, 2.75) is 20.1 Å². The van der Waals surface area contributed by atoms with Crippen molar-refractivity contribution in [3.05, 3.63) is 44.3 Å². The molecule has 0 aliphatic heterocycles. The first-order valence-corrected chi connectivity index (χ1v) is 7.33. The van der Waals surface area contributed by atoms with Crippen LogP contribution in [0.3, 0.4) is 0 Å². The number of aryl methyl sites for hydroxylation is 1. The highest BCUT2D eigenvalue weighted by molar-refractivity contribution is 9.10. The standard InChI is InChI=1S/C13H15BrN2OS/c1-9-8-18-13(16-9)7-17-12-4-3-11(14)5-10(12)6-15-2/h3-5,8,15H,6-7H2,1-2H3. The maximum atomic E-state index is 5.83. The number of nitrogens with zero attached hydrogens (tertiary/aromatic N) is 1. The molecule has 0 saturated heterocycles. The normalized spacial score (nSPS) is 10.6. The minimum Gasteiger partial charge on any atom is -0.486 e. The highest BCUT2D eigenvalue weighted by Crippen LogP contribution is 2.24. The molecule has 2 rings (SSSR count). The highest BCUT2D eigenvalue weighted by atomic mass is 79.9. The van der Waals surface area contributed by atoms with Gasteiger partial charge in [0.15, 0.2) is 0 Å². The van der Waals surface area contributed by atoms with Crippen LogP contribution in [0.1, 0.15) is 16.3 Å². The Labute approximate surface area is 119 Å². The number of aromatic nitrogens is 1. The van der Waals surface area contributed by atoms with E-state index < -0.39 is 0 Å². The molecule has 0 radical (unpaired) electrons. The van der Waals surface area contributed by atoms with Crippen molar-refractivity contribution in [2.24, 2.45) is 0 Å². The zero-order valence-corrected chi connectivity index (χ0v) is 12.8. The Morgan fingerprint density at radius 1 is 1.44 bits per heavy atom. The topological polar surface area (TPSA) is 34.1 Å². The van der Waals surface area contributed by atoms with E-state index in [4.69, 9.17) is 4.74 Å². The SMILES string of the molecule is CNCc1cc(Br)ccc1OCc1nc(C)cs1. The molecule has 2 aromatic rings. The number of halogens is 1. The molecule has 0 aliphatic rings. The third-order valence-electron chi connectivity index (χ3n) is 2.41. The largest absolute Gasteiger partial charge is 0.486 e. The second kappa shape index (κ2) is 6.31. The van der Waals surface area contributed by atoms with Gasteiger partial charge < -0.3 is 10.1 Å². The summed E-state index contributed by atoms with van der Waals surface area (Å²) in [5.41, 5.74) is 2.19. The van der Waals surface area contributed by atoms with E-state index in [1.54, 1.807) is 11.3 Å². The van der Waals surface area contributed by atoms with E-state index in [0.29, 0.717) is 6.61 Å². The van der Waals surface area contributed by atoms with Crippen molar-refractivity contribution in [3.63, 3.8) is 0 Å². The molecule has 1 heterocycles. The lowest BCUT2D eigenvalue weighted by Crippen LogP contribution is -2.07. The molecule has 3 nitrogen and oxygen atoms in total. The van der Waals surface area contributed by atoms with Crippen molar-refractivity contribution < 1.29 is 4.74 Å². The summed E-state index contributed by atoms with van der Waals surface area (Å²) in [5.74, 6) is 0.903. The van der Waals surface area contributed by atoms with Gasteiger partial charge in [0.25, 0.3) is 0 Å². The van der Waals surface area contributed by atoms with E-state index in [2.05, 4.69) is 32.3 Å². The molecule has 0 spiro atoms. The van der Waals surface area contributed by atoms with Crippen LogP contribution in [-0.4, -0.2) is 12.0 Å². The van der Waals surface area contributed by atoms with E-state index in [-0.39, 0.29) is 0 Å². The summed E-state index contributed by atoms with van der Waals surface area (Å²) in [4.78, 5) is 4.39. The molecule has 0 saturated carbocycles. The molecule has 96 valence electrons. The second-order valence-electron chi connectivity index (χ2n) is 3.95. The summed E-state index contributed by atoms with van der Waals surface area (Å²) in [5, 5.41) is 6.18. The van der Waals surface area contributed by atoms with Gasteiger partial charge in [-0.15, -0.1) is 11.3 Å². The van der Waals surface area contributed by atoms with Crippen LogP contribution in [-0.2, 0) is 13.2 Å². The predicted octanol–water partition coefficient (Wildman–Crippen LogP) is 3.51. The molecule has 0 atom stereocenters. The van der Waals surface area contributed by atoms with E-state index in [9.17, 15) is 0 Å². The average Bonchev–Trinajstić information content (AvgIpc) is 2.75. The summed E-state index contributed by atoms with van der Waals surface area (Å²) in [7, 11) is 1.93. The summed E-state index contributed by atoms with van der Waals surface area (Å²) < 4.78 is 6.89. The number of benzene rings is 1. The molecule has 0 bridgehead atoms. The zero-order chi connectivity index (χ0) is 13.0. The van der Waals surface area contributed by atoms with Crippen molar-refractivity contribution in [1.29, 1.82) is 0 Å². The van der Waals surface area contributed by atoms with Crippen molar-refractivity contribution in [1.82, 2.24) is 10.3 Å². The summed E-state index contributed by atoms with van der Waals surface area (Å²) in [6.07, 6.45) is 0. The molecule has 18 heavy (non-hydrogen) atoms. The summed E-state index contributed by atoms with van der Waals surface area (Å²) >= 11 is 5.10. The molecule has 1 aromatic carbocycles. The van der Waals surface area contributed by atoms with Crippen LogP contribution in [0, 0.1) is 6.92 Å². The maximum Gasteiger partial charge on any atom is 0.140 e. The lowest BCUT2D eigenvalue weighted by Gasteiger charge is -2.10. The molecule has 0 aliphatic carbocycles. The van der Waals surface area contributed by atoms with Crippen LogP contribution in [0.4, 0.5) is 0 Å². The first kappa shape index (κ1) is 13.5. The zero-order valence-electron chi connectivity index (χ0n) is 10.4. The van der Waals surface area contributed by atoms with Gasteiger partial charge in [-0.2, -0.15) is 0 Å². The molecule has 1 N–H and O–H groups in total. The van der Waals surface area contributed by atoms with Gasteiger partial charge in [0, 0.05) is 27.7 Å². The van der Waals surface area contributed by atoms with Crippen LogP contribution in [0.25, 0.3) is 0 Å². The van der Waals surface area contributed by atoms with E-state index >= 15 is 0 Å². The van der Waals surface area contributed by atoms with Crippen LogP contribution in [0.2, 0.25) is 0 Å². The number of hydrogen-bond donors (Lipinski definition) is 1. The van der Waals surface area contributed by atoms with Crippen molar-refractivity contribution >= 4 is 27.3 Å². The predicted molar refractivity (Wildman–Crippen MR) is 78.1 cm³/mol. The van der Waals surface area contributed by atoms with Crippen LogP contribution >= 0.6 is 27.3 Å². The molecule has 0 unspecified atom stereocenters. The van der Waals surface area contributed by atoms with Crippen LogP contribution in [0.15, 0.2) is 28.1 Å². The lowest BCUT2D eigenvalue weighted by molar-refractivity contribution is 0.301. The van der Waals surface area contributed by atoms with Gasteiger partial charge in [-0.3, -0.25) is 0 Å². The van der Waals surface area contributed by atoms with Gasteiger partial charge in [-0.05, 0) is 32.2 Å². The first-order chi connectivity index (χ1) is 8.69. The average molecular weight is 327 g/mol. The minimum atomic E-state index is 0.525. The maximum absolute atomic E-state index is 5.83. The summed E-state index contributed by atoms with van der Waals surface area (Å²) in [6.45, 7) is 3.30. The molecule has 5 heteroatoms. The third kappa shape index (κ3) is 3.54. The van der Waals surface area contributed by atoms with Gasteiger partial charge in [-0.25, -0.2) is 4.98 Å². The van der Waals surface area contributed by atoms with Gasteiger partial charge in [0.05, 0.1) is 0 Å². The Kier molecular flexibility index (Phi) is 4.74. The number of thiazole rings is 1. The second-order valence-corrected chi connectivity index (χ2v) is 5.81. The molecular weight excluding hydrogens is 312 g/mol. The lowest BCUT2D eigenvalue weighted by atomic mass is 10.2. The highest BCUT2D eigenvalue weighted by Gasteiger charge is 2.06. The van der Waals surface area contributed by atoms with E-state index in [1.807, 2.05) is 31.5 Å². The fraction of sp³-hybridized carbons (Fsp3) is 0.308. The van der Waals surface area contributed by atoms with E-state index in [1.165, 1.54) is 0 Å². The Morgan fingerprint density at radius 2 is 2.28 bits per heavy atom. The van der Waals surface area contributed by atoms with Crippen molar-refractivity contribution in [3.8, 4) is 5.75 Å². The fourth-order valence-electron chi connectivity index (χ4n) is 1.63. The van der Waals surface area contributed by atoms with Crippen LogP contribution < -0.4 is 10.1 Å². The molecular formula is C13H15BrN2OS. The summed E-state index contributed by atoms with van der Waals surface area (Å²) in [6, 6.07) is 6.04. The Morgan fingerprint density at radius 3 is 2.94 bits per heavy atom. The minimum absolute atomic E-state index is 0.525.